The molecule has 0 fully saturated rings. The van der Waals surface area contributed by atoms with Gasteiger partial charge in [-0.2, -0.15) is 4.68 Å². The molecule has 1 heterocycles. The van der Waals surface area contributed by atoms with Crippen LogP contribution in [-0.4, -0.2) is 25.7 Å². The molecular weight excluding hydrogens is 238 g/mol. The van der Waals surface area contributed by atoms with Crippen LogP contribution in [0.25, 0.3) is 5.69 Å². The van der Waals surface area contributed by atoms with Crippen molar-refractivity contribution in [3.8, 4) is 5.69 Å². The lowest BCUT2D eigenvalue weighted by Crippen LogP contribution is -2.35. The summed E-state index contributed by atoms with van der Waals surface area (Å²) in [6, 6.07) is 8.30. The minimum absolute atomic E-state index is 0.0437. The lowest BCUT2D eigenvalue weighted by atomic mass is 10.1. The summed E-state index contributed by atoms with van der Waals surface area (Å²) in [7, 11) is 0. The normalized spacial score (nSPS) is 11.8. The van der Waals surface area contributed by atoms with Crippen molar-refractivity contribution in [1.82, 2.24) is 25.5 Å². The molecule has 0 atom stereocenters. The van der Waals surface area contributed by atoms with Gasteiger partial charge >= 0.3 is 0 Å². The zero-order valence-corrected chi connectivity index (χ0v) is 12.0. The van der Waals surface area contributed by atoms with Crippen LogP contribution in [-0.2, 0) is 13.0 Å². The average Bonchev–Trinajstić information content (AvgIpc) is 2.84. The van der Waals surface area contributed by atoms with Crippen molar-refractivity contribution in [3.05, 3.63) is 35.7 Å². The summed E-state index contributed by atoms with van der Waals surface area (Å²) >= 11 is 0. The first-order chi connectivity index (χ1) is 8.99. The van der Waals surface area contributed by atoms with E-state index in [0.29, 0.717) is 6.54 Å². The Morgan fingerprint density at radius 3 is 2.74 bits per heavy atom. The maximum absolute atomic E-state index is 4.09. The number of hydrogen-bond donors (Lipinski definition) is 1. The fourth-order valence-corrected chi connectivity index (χ4v) is 1.77. The lowest BCUT2D eigenvalue weighted by molar-refractivity contribution is 0.415. The molecule has 2 rings (SSSR count). The van der Waals surface area contributed by atoms with Gasteiger partial charge in [0.25, 0.3) is 0 Å². The van der Waals surface area contributed by atoms with Crippen molar-refractivity contribution in [2.45, 2.75) is 46.2 Å². The van der Waals surface area contributed by atoms with Crippen LogP contribution in [0.3, 0.4) is 0 Å². The summed E-state index contributed by atoms with van der Waals surface area (Å²) in [4.78, 5) is 0. The summed E-state index contributed by atoms with van der Waals surface area (Å²) in [6.45, 7) is 9.16. The van der Waals surface area contributed by atoms with Gasteiger partial charge in [0.15, 0.2) is 5.82 Å². The Hall–Kier alpha value is -1.75. The van der Waals surface area contributed by atoms with Crippen LogP contribution in [0, 0.1) is 0 Å². The summed E-state index contributed by atoms with van der Waals surface area (Å²) < 4.78 is 1.79. The van der Waals surface area contributed by atoms with E-state index in [-0.39, 0.29) is 5.54 Å². The molecule has 1 N–H and O–H groups in total. The van der Waals surface area contributed by atoms with Gasteiger partial charge in [-0.3, -0.25) is 0 Å². The highest BCUT2D eigenvalue weighted by Gasteiger charge is 2.13. The summed E-state index contributed by atoms with van der Waals surface area (Å²) in [5, 5.41) is 15.3. The van der Waals surface area contributed by atoms with Crippen LogP contribution in [0.15, 0.2) is 24.3 Å². The molecule has 0 saturated heterocycles. The summed E-state index contributed by atoms with van der Waals surface area (Å²) in [5.74, 6) is 0.822. The molecule has 0 amide bonds. The molecule has 0 aliphatic rings. The lowest BCUT2D eigenvalue weighted by Gasteiger charge is -2.19. The highest BCUT2D eigenvalue weighted by atomic mass is 15.5. The van der Waals surface area contributed by atoms with E-state index < -0.39 is 0 Å². The van der Waals surface area contributed by atoms with Gasteiger partial charge in [0.2, 0.25) is 0 Å². The third kappa shape index (κ3) is 3.61. The average molecular weight is 259 g/mol. The van der Waals surface area contributed by atoms with E-state index in [2.05, 4.69) is 60.7 Å². The van der Waals surface area contributed by atoms with Crippen molar-refractivity contribution in [1.29, 1.82) is 0 Å². The van der Waals surface area contributed by atoms with Crippen molar-refractivity contribution in [2.75, 3.05) is 0 Å². The quantitative estimate of drug-likeness (QED) is 0.913. The van der Waals surface area contributed by atoms with Crippen molar-refractivity contribution < 1.29 is 0 Å². The van der Waals surface area contributed by atoms with Gasteiger partial charge in [-0.25, -0.2) is 0 Å². The van der Waals surface area contributed by atoms with Crippen LogP contribution >= 0.6 is 0 Å². The molecule has 0 unspecified atom stereocenters. The molecule has 1 aromatic heterocycles. The molecule has 5 heteroatoms. The topological polar surface area (TPSA) is 55.6 Å². The smallest absolute Gasteiger partial charge is 0.170 e. The molecular formula is C14H21N5. The molecule has 0 spiro atoms. The SMILES string of the molecule is CCc1cccc(-n2nnnc2CNC(C)(C)C)c1. The van der Waals surface area contributed by atoms with Crippen molar-refractivity contribution in [3.63, 3.8) is 0 Å². The second-order valence-electron chi connectivity index (χ2n) is 5.63. The van der Waals surface area contributed by atoms with Crippen LogP contribution in [0.5, 0.6) is 0 Å². The number of benzene rings is 1. The van der Waals surface area contributed by atoms with E-state index in [4.69, 9.17) is 0 Å². The van der Waals surface area contributed by atoms with Crippen LogP contribution in [0.2, 0.25) is 0 Å². The van der Waals surface area contributed by atoms with E-state index in [9.17, 15) is 0 Å². The van der Waals surface area contributed by atoms with Gasteiger partial charge in [-0.15, -0.1) is 5.10 Å². The zero-order valence-electron chi connectivity index (χ0n) is 12.0. The van der Waals surface area contributed by atoms with Gasteiger partial charge in [0, 0.05) is 5.54 Å². The van der Waals surface area contributed by atoms with Crippen LogP contribution in [0.4, 0.5) is 0 Å². The largest absolute Gasteiger partial charge is 0.305 e. The first-order valence-corrected chi connectivity index (χ1v) is 6.61. The Balaban J connectivity index is 2.23. The van der Waals surface area contributed by atoms with Crippen molar-refractivity contribution >= 4 is 0 Å². The van der Waals surface area contributed by atoms with Gasteiger partial charge in [-0.05, 0) is 55.3 Å². The Morgan fingerprint density at radius 1 is 1.26 bits per heavy atom. The van der Waals surface area contributed by atoms with Gasteiger partial charge in [0.05, 0.1) is 12.2 Å². The predicted molar refractivity (Wildman–Crippen MR) is 75.1 cm³/mol. The first-order valence-electron chi connectivity index (χ1n) is 6.61. The molecule has 0 aliphatic carbocycles. The van der Waals surface area contributed by atoms with E-state index in [1.54, 1.807) is 4.68 Å². The Labute approximate surface area is 114 Å². The van der Waals surface area contributed by atoms with Gasteiger partial charge in [-0.1, -0.05) is 19.1 Å². The van der Waals surface area contributed by atoms with E-state index in [0.717, 1.165) is 17.9 Å². The van der Waals surface area contributed by atoms with Gasteiger partial charge < -0.3 is 5.32 Å². The van der Waals surface area contributed by atoms with E-state index >= 15 is 0 Å². The molecule has 19 heavy (non-hydrogen) atoms. The standard InChI is InChI=1S/C14H21N5/c1-5-11-7-6-8-12(9-11)19-13(16-17-18-19)10-15-14(2,3)4/h6-9,15H,5,10H2,1-4H3. The molecule has 1 aromatic carbocycles. The zero-order chi connectivity index (χ0) is 13.9. The molecule has 102 valence electrons. The number of rotatable bonds is 4. The molecule has 0 bridgehead atoms. The Morgan fingerprint density at radius 2 is 2.05 bits per heavy atom. The van der Waals surface area contributed by atoms with E-state index in [1.165, 1.54) is 5.56 Å². The predicted octanol–water partition coefficient (Wildman–Crippen LogP) is 2.11. The minimum Gasteiger partial charge on any atom is -0.305 e. The fraction of sp³-hybridized carbons (Fsp3) is 0.500. The number of nitrogens with one attached hydrogen (secondary N) is 1. The second kappa shape index (κ2) is 5.48. The third-order valence-electron chi connectivity index (χ3n) is 2.87. The molecule has 2 aromatic rings. The number of aromatic nitrogens is 4. The Kier molecular flexibility index (Phi) is 3.95. The highest BCUT2D eigenvalue weighted by molar-refractivity contribution is 5.35. The number of hydrogen-bond acceptors (Lipinski definition) is 4. The summed E-state index contributed by atoms with van der Waals surface area (Å²) in [5.41, 5.74) is 2.33. The maximum atomic E-state index is 4.09. The monoisotopic (exact) mass is 259 g/mol. The number of nitrogens with zero attached hydrogens (tertiary/aromatic N) is 4. The van der Waals surface area contributed by atoms with Crippen molar-refractivity contribution in [2.24, 2.45) is 0 Å². The molecule has 0 saturated carbocycles. The Bertz CT molecular complexity index is 539. The maximum Gasteiger partial charge on any atom is 0.170 e. The number of tetrazole rings is 1. The van der Waals surface area contributed by atoms with E-state index in [1.807, 2.05) is 12.1 Å². The third-order valence-corrected chi connectivity index (χ3v) is 2.87. The fourth-order valence-electron chi connectivity index (χ4n) is 1.77. The summed E-state index contributed by atoms with van der Waals surface area (Å²) in [6.07, 6.45) is 1.01. The number of aryl methyl sites for hydroxylation is 1. The van der Waals surface area contributed by atoms with Gasteiger partial charge in [0.1, 0.15) is 0 Å². The molecule has 5 nitrogen and oxygen atoms in total. The van der Waals surface area contributed by atoms with Crippen LogP contribution in [0.1, 0.15) is 39.1 Å². The minimum atomic E-state index is 0.0437. The van der Waals surface area contributed by atoms with Crippen LogP contribution < -0.4 is 5.32 Å². The molecule has 0 radical (unpaired) electrons. The second-order valence-corrected chi connectivity index (χ2v) is 5.63. The first kappa shape index (κ1) is 13.7. The highest BCUT2D eigenvalue weighted by Crippen LogP contribution is 2.12. The molecule has 0 aliphatic heterocycles.